The van der Waals surface area contributed by atoms with Gasteiger partial charge in [-0.2, -0.15) is 0 Å². The molecule has 390 valence electrons. The van der Waals surface area contributed by atoms with Gasteiger partial charge < -0.3 is 39.9 Å². The Morgan fingerprint density at radius 3 is 0.650 bits per heavy atom. The summed E-state index contributed by atoms with van der Waals surface area (Å²) >= 11 is 0. The van der Waals surface area contributed by atoms with E-state index in [-0.39, 0.29) is 0 Å². The first-order chi connectivity index (χ1) is 38.5. The maximum absolute atomic E-state index is 4.17. The van der Waals surface area contributed by atoms with Crippen LogP contribution in [0.15, 0.2) is 133 Å². The highest BCUT2D eigenvalue weighted by Crippen LogP contribution is 2.48. The largest absolute Gasteiger partial charge is 0.340 e. The Labute approximate surface area is 469 Å². The summed E-state index contributed by atoms with van der Waals surface area (Å²) in [4.78, 5) is 32.2. The van der Waals surface area contributed by atoms with Gasteiger partial charge in [-0.3, -0.25) is 0 Å². The Morgan fingerprint density at radius 1 is 0.212 bits per heavy atom. The Balaban J connectivity index is 1.07. The van der Waals surface area contributed by atoms with Crippen LogP contribution in [-0.4, -0.2) is 39.9 Å². The molecular formula is C72H66N8+4. The minimum Gasteiger partial charge on any atom is -0.340 e. The van der Waals surface area contributed by atoms with Crippen LogP contribution in [0.1, 0.15) is 135 Å². The van der Waals surface area contributed by atoms with Crippen LogP contribution in [0.3, 0.4) is 0 Å². The van der Waals surface area contributed by atoms with E-state index in [4.69, 9.17) is 0 Å². The molecule has 0 saturated heterocycles. The number of benzene rings is 4. The molecule has 0 aliphatic carbocycles. The topological polar surface area (TPSA) is 126 Å². The summed E-state index contributed by atoms with van der Waals surface area (Å²) < 4.78 is 0. The molecule has 2 aliphatic heterocycles. The van der Waals surface area contributed by atoms with Crippen molar-refractivity contribution in [2.45, 2.75) is 83.1 Å². The molecule has 14 rings (SSSR count). The van der Waals surface area contributed by atoms with E-state index in [1.807, 2.05) is 0 Å². The third kappa shape index (κ3) is 7.79. The molecule has 0 unspecified atom stereocenters. The highest BCUT2D eigenvalue weighted by molar-refractivity contribution is 5.91. The van der Waals surface area contributed by atoms with E-state index in [1.165, 1.54) is 89.0 Å². The predicted octanol–water partition coefficient (Wildman–Crippen LogP) is 17.1. The van der Waals surface area contributed by atoms with Crippen LogP contribution >= 0.6 is 0 Å². The number of rotatable bonds is 5. The first-order valence-electron chi connectivity index (χ1n) is 28.0. The number of hydrogen-bond acceptors (Lipinski definition) is 0. The molecule has 4 aromatic carbocycles. The number of hydrogen-bond donors (Lipinski definition) is 8. The number of aryl methyl sites for hydroxylation is 12. The molecule has 0 saturated carbocycles. The van der Waals surface area contributed by atoms with Gasteiger partial charge in [0.2, 0.25) is 0 Å². The van der Waals surface area contributed by atoms with Crippen LogP contribution in [0.25, 0.3) is 56.7 Å². The van der Waals surface area contributed by atoms with Gasteiger partial charge >= 0.3 is 0 Å². The van der Waals surface area contributed by atoms with E-state index in [1.54, 1.807) is 0 Å². The molecule has 0 radical (unpaired) electrons. The minimum absolute atomic E-state index is 0.979. The fraction of sp³-hybridized carbons (Fsp3) is 0.167. The molecule has 8 heteroatoms. The van der Waals surface area contributed by atoms with E-state index >= 15 is 0 Å². The normalized spacial score (nSPS) is 12.9. The molecule has 0 spiro atoms. The van der Waals surface area contributed by atoms with Gasteiger partial charge in [0.05, 0.1) is 78.9 Å². The molecule has 0 fully saturated rings. The van der Waals surface area contributed by atoms with E-state index in [9.17, 15) is 0 Å². The molecule has 8 N–H and O–H groups in total. The fourth-order valence-electron chi connectivity index (χ4n) is 14.1. The van der Waals surface area contributed by atoms with Gasteiger partial charge in [0.1, 0.15) is 69.2 Å². The number of nitrogens with one attached hydrogen (secondary N) is 8. The average molecular weight is 1040 g/mol. The summed E-state index contributed by atoms with van der Waals surface area (Å²) in [7, 11) is 0. The third-order valence-electron chi connectivity index (χ3n) is 17.0. The second kappa shape index (κ2) is 18.1. The van der Waals surface area contributed by atoms with Crippen molar-refractivity contribution in [1.82, 2.24) is 39.9 Å². The van der Waals surface area contributed by atoms with Crippen LogP contribution in [-0.2, 0) is 0 Å². The number of aromatic amines is 8. The minimum atomic E-state index is 0.979. The highest BCUT2D eigenvalue weighted by atomic mass is 14.9. The number of aromatic nitrogens is 8. The van der Waals surface area contributed by atoms with Gasteiger partial charge in [0, 0.05) is 93.0 Å². The molecule has 10 heterocycles. The molecule has 0 amide bonds. The number of H-pyrrole nitrogens is 8. The standard InChI is InChI=1S/C72H66N8/c1-35-25-39(5)63(40(6)26-35)67-53-17-13-49(73-53)51-15-19-57(75-51)69(65-43(9)29-37(3)30-44(65)10)61-33-47(71(79-61)59-23-21-55(67)77-59)48-34-62-70(66-45(11)31-38(4)32-46(66)12)58-20-16-52(76-58)50-14-18-54(74-50)68(56-22-24-60(78-56)72(48)80-62)64-41(7)27-36(2)28-42(64)8/h13-34,73-80H,1-12H3/q+4. The van der Waals surface area contributed by atoms with E-state index in [0.717, 1.165) is 126 Å². The second-order valence-corrected chi connectivity index (χ2v) is 23.3. The summed E-state index contributed by atoms with van der Waals surface area (Å²) in [5.41, 5.74) is 37.9. The monoisotopic (exact) mass is 1040 g/mol. The van der Waals surface area contributed by atoms with Crippen molar-refractivity contribution in [1.29, 1.82) is 0 Å². The highest BCUT2D eigenvalue weighted by Gasteiger charge is 2.40. The molecule has 12 aromatic rings. The first kappa shape index (κ1) is 48.9. The second-order valence-electron chi connectivity index (χ2n) is 23.3. The van der Waals surface area contributed by atoms with Gasteiger partial charge in [0.25, 0.3) is 0 Å². The summed E-state index contributed by atoms with van der Waals surface area (Å²) in [5, 5.41) is 0. The first-order valence-corrected chi connectivity index (χ1v) is 28.0. The average Bonchev–Trinajstić information content (AvgIpc) is 4.24. The molecule has 16 bridgehead atoms. The summed E-state index contributed by atoms with van der Waals surface area (Å²) in [5.74, 6) is 4.47. The van der Waals surface area contributed by atoms with Crippen LogP contribution in [0.5, 0.6) is 0 Å². The molecule has 2 aliphatic rings. The molecule has 8 nitrogen and oxygen atoms in total. The van der Waals surface area contributed by atoms with Gasteiger partial charge in [-0.25, -0.2) is 0 Å². The van der Waals surface area contributed by atoms with E-state index in [0.29, 0.717) is 0 Å². The summed E-state index contributed by atoms with van der Waals surface area (Å²) in [6.07, 6.45) is 0. The zero-order valence-electron chi connectivity index (χ0n) is 47.7. The van der Waals surface area contributed by atoms with Gasteiger partial charge in [-0.1, -0.05) is 0 Å². The maximum atomic E-state index is 4.17. The van der Waals surface area contributed by atoms with Crippen LogP contribution < -0.4 is 0 Å². The fourth-order valence-corrected chi connectivity index (χ4v) is 14.1. The summed E-state index contributed by atoms with van der Waals surface area (Å²) in [6, 6.07) is 50.1. The van der Waals surface area contributed by atoms with E-state index < -0.39 is 0 Å². The third-order valence-corrected chi connectivity index (χ3v) is 17.0. The molecular weight excluding hydrogens is 977 g/mol. The maximum Gasteiger partial charge on any atom is 0.118 e. The Hall–Kier alpha value is -9.40. The quantitative estimate of drug-likeness (QED) is 0.0782. The van der Waals surface area contributed by atoms with Crippen LogP contribution in [0.2, 0.25) is 0 Å². The number of fused-ring (bicyclic) bond motifs is 20. The SMILES string of the molecule is Cc1cc(C)c([C+]2c3ccc([nH]3)-c3ccc([nH]3)[C+](c3c(C)cc(C)cc3C)c3cc(-c4cc5[nH]c4-c4ccc([nH]4)[C+](c4c(C)cc(C)cc4C)c4ccc([nH]4)-c4ccc([nH]4)[C+]5c4c(C)cc(C)cc4C)c([nH]3)-c3ccc2[nH]3)c(C)c1. The Morgan fingerprint density at radius 2 is 0.412 bits per heavy atom. The summed E-state index contributed by atoms with van der Waals surface area (Å²) in [6.45, 7) is 26.7. The van der Waals surface area contributed by atoms with Crippen molar-refractivity contribution in [3.05, 3.63) is 292 Å². The van der Waals surface area contributed by atoms with Crippen molar-refractivity contribution in [3.8, 4) is 56.7 Å². The zero-order valence-corrected chi connectivity index (χ0v) is 47.7. The van der Waals surface area contributed by atoms with Crippen molar-refractivity contribution in [2.75, 3.05) is 0 Å². The lowest BCUT2D eigenvalue weighted by molar-refractivity contribution is 1.05. The van der Waals surface area contributed by atoms with Gasteiger partial charge in [-0.15, -0.1) is 0 Å². The lowest BCUT2D eigenvalue weighted by Crippen LogP contribution is -2.11. The molecule has 0 atom stereocenters. The Bertz CT molecular complexity index is 4060. The molecule has 80 heavy (non-hydrogen) atoms. The zero-order chi connectivity index (χ0) is 55.2. The van der Waals surface area contributed by atoms with Crippen LogP contribution in [0, 0.1) is 107 Å². The van der Waals surface area contributed by atoms with Crippen molar-refractivity contribution in [2.24, 2.45) is 0 Å². The van der Waals surface area contributed by atoms with Crippen molar-refractivity contribution < 1.29 is 0 Å². The van der Waals surface area contributed by atoms with Crippen LogP contribution in [0.4, 0.5) is 0 Å². The lowest BCUT2D eigenvalue weighted by atomic mass is 9.84. The smallest absolute Gasteiger partial charge is 0.118 e. The van der Waals surface area contributed by atoms with Gasteiger partial charge in [-0.05, 0) is 190 Å². The predicted molar refractivity (Wildman–Crippen MR) is 326 cm³/mol. The Kier molecular flexibility index (Phi) is 11.1. The van der Waals surface area contributed by atoms with Crippen molar-refractivity contribution >= 4 is 0 Å². The van der Waals surface area contributed by atoms with Gasteiger partial charge in [0.15, 0.2) is 0 Å². The lowest BCUT2D eigenvalue weighted by Gasteiger charge is -2.15. The molecule has 8 aromatic heterocycles. The van der Waals surface area contributed by atoms with E-state index in [2.05, 4.69) is 256 Å². The van der Waals surface area contributed by atoms with Crippen molar-refractivity contribution in [3.63, 3.8) is 0 Å².